The Morgan fingerprint density at radius 3 is 2.24 bits per heavy atom. The van der Waals surface area contributed by atoms with Crippen molar-refractivity contribution >= 4 is 0 Å². The molecule has 4 fully saturated rings. The molecule has 25 heavy (non-hydrogen) atoms. The van der Waals surface area contributed by atoms with E-state index >= 15 is 0 Å². The van der Waals surface area contributed by atoms with Crippen molar-refractivity contribution in [2.75, 3.05) is 0 Å². The minimum Gasteiger partial charge on any atom is -0.198 e. The smallest absolute Gasteiger partial charge is 0.0661 e. The molecule has 1 heteroatoms. The normalized spacial score (nSPS) is 51.2. The number of hydrogen-bond acceptors (Lipinski definition) is 1. The van der Waals surface area contributed by atoms with E-state index in [1.165, 1.54) is 64.2 Å². The zero-order valence-corrected chi connectivity index (χ0v) is 17.5. The van der Waals surface area contributed by atoms with E-state index in [4.69, 9.17) is 0 Å². The fourth-order valence-corrected chi connectivity index (χ4v) is 8.05. The molecule has 4 aliphatic rings. The van der Waals surface area contributed by atoms with Crippen LogP contribution < -0.4 is 0 Å². The van der Waals surface area contributed by atoms with Gasteiger partial charge in [0.05, 0.1) is 12.0 Å². The highest BCUT2D eigenvalue weighted by atomic mass is 14.6. The Morgan fingerprint density at radius 2 is 1.56 bits per heavy atom. The summed E-state index contributed by atoms with van der Waals surface area (Å²) in [6.45, 7) is 11.6. The Labute approximate surface area is 157 Å². The summed E-state index contributed by atoms with van der Waals surface area (Å²) >= 11 is 0. The molecule has 1 nitrogen and oxygen atoms in total. The summed E-state index contributed by atoms with van der Waals surface area (Å²) in [6.07, 6.45) is 14.1. The molecule has 4 aliphatic carbocycles. The van der Waals surface area contributed by atoms with Crippen molar-refractivity contribution in [1.29, 1.82) is 5.26 Å². The van der Waals surface area contributed by atoms with Gasteiger partial charge in [-0.25, -0.2) is 0 Å². The Bertz CT molecular complexity index is 505. The van der Waals surface area contributed by atoms with Gasteiger partial charge in [0.15, 0.2) is 0 Å². The number of nitrogens with zero attached hydrogens (tertiary/aromatic N) is 1. The lowest BCUT2D eigenvalue weighted by Gasteiger charge is -2.61. The van der Waals surface area contributed by atoms with Gasteiger partial charge in [0.2, 0.25) is 0 Å². The first kappa shape index (κ1) is 19.3. The summed E-state index contributed by atoms with van der Waals surface area (Å²) < 4.78 is 0. The van der Waals surface area contributed by atoms with Gasteiger partial charge in [-0.2, -0.15) is 5.26 Å². The van der Waals surface area contributed by atoms with Crippen LogP contribution in [0.15, 0.2) is 0 Å². The molecule has 0 radical (unpaired) electrons. The summed E-state index contributed by atoms with van der Waals surface area (Å²) in [5.74, 6) is 5.08. The topological polar surface area (TPSA) is 23.8 Å². The van der Waals surface area contributed by atoms with Crippen LogP contribution in [0.3, 0.4) is 0 Å². The van der Waals surface area contributed by atoms with E-state index in [1.54, 1.807) is 0 Å². The first-order valence-corrected chi connectivity index (χ1v) is 11.4. The molecule has 0 aromatic carbocycles. The minimum atomic E-state index is 0.341. The van der Waals surface area contributed by atoms with Crippen molar-refractivity contribution in [1.82, 2.24) is 0 Å². The maximum Gasteiger partial charge on any atom is 0.0661 e. The summed E-state index contributed by atoms with van der Waals surface area (Å²) in [5, 5.41) is 9.62. The fourth-order valence-electron chi connectivity index (χ4n) is 8.05. The van der Waals surface area contributed by atoms with Gasteiger partial charge in [0.25, 0.3) is 0 Å². The second kappa shape index (κ2) is 7.25. The molecule has 7 unspecified atom stereocenters. The van der Waals surface area contributed by atoms with Crippen LogP contribution in [0.5, 0.6) is 0 Å². The molecule has 0 aromatic heterocycles. The molecule has 0 aromatic rings. The summed E-state index contributed by atoms with van der Waals surface area (Å²) in [5.41, 5.74) is 0.964. The van der Waals surface area contributed by atoms with Crippen LogP contribution in [0.4, 0.5) is 0 Å². The van der Waals surface area contributed by atoms with Crippen LogP contribution in [-0.4, -0.2) is 0 Å². The van der Waals surface area contributed by atoms with Gasteiger partial charge in [-0.15, -0.1) is 0 Å². The third-order valence-electron chi connectivity index (χ3n) is 9.45. The predicted octanol–water partition coefficient (Wildman–Crippen LogP) is 7.22. The Morgan fingerprint density at radius 1 is 0.880 bits per heavy atom. The fraction of sp³-hybridized carbons (Fsp3) is 0.958. The largest absolute Gasteiger partial charge is 0.198 e. The standard InChI is InChI=1S/C22H35N.C2H6/c1-4-15-5-6-16-7-9-18-19-10-8-17(14-23)21(19,2)12-11-20(18)22(16,3)13-15;1-2/h15-20H,4-13H2,1-3H3;1-2H3/t15?,16?,17?,18?,19?,20-,21?,22?;/m0./s1. The van der Waals surface area contributed by atoms with Gasteiger partial charge >= 0.3 is 0 Å². The molecule has 0 amide bonds. The van der Waals surface area contributed by atoms with E-state index in [1.807, 2.05) is 13.8 Å². The third-order valence-corrected chi connectivity index (χ3v) is 9.45. The molecule has 142 valence electrons. The van der Waals surface area contributed by atoms with Gasteiger partial charge in [-0.1, -0.05) is 47.5 Å². The molecule has 4 rings (SSSR count). The molecule has 8 atom stereocenters. The zero-order chi connectivity index (χ0) is 18.2. The molecule has 0 heterocycles. The molecule has 0 spiro atoms. The molecular weight excluding hydrogens is 302 g/mol. The van der Waals surface area contributed by atoms with E-state index in [0.29, 0.717) is 16.7 Å². The van der Waals surface area contributed by atoms with Gasteiger partial charge in [0, 0.05) is 0 Å². The van der Waals surface area contributed by atoms with Crippen LogP contribution in [0, 0.1) is 57.7 Å². The zero-order valence-electron chi connectivity index (χ0n) is 17.5. The van der Waals surface area contributed by atoms with Crippen LogP contribution in [-0.2, 0) is 0 Å². The second-order valence-corrected chi connectivity index (χ2v) is 10.0. The second-order valence-electron chi connectivity index (χ2n) is 10.0. The highest BCUT2D eigenvalue weighted by Crippen LogP contribution is 2.67. The van der Waals surface area contributed by atoms with Gasteiger partial charge in [0.1, 0.15) is 0 Å². The number of hydrogen-bond donors (Lipinski definition) is 0. The number of rotatable bonds is 1. The summed E-state index contributed by atoms with van der Waals surface area (Å²) in [7, 11) is 0. The van der Waals surface area contributed by atoms with E-state index in [-0.39, 0.29) is 0 Å². The maximum absolute atomic E-state index is 9.62. The quantitative estimate of drug-likeness (QED) is 0.493. The van der Waals surface area contributed by atoms with E-state index in [0.717, 1.165) is 29.6 Å². The van der Waals surface area contributed by atoms with Gasteiger partial charge in [-0.3, -0.25) is 0 Å². The number of nitriles is 1. The van der Waals surface area contributed by atoms with Gasteiger partial charge in [-0.05, 0) is 91.8 Å². The highest BCUT2D eigenvalue weighted by Gasteiger charge is 2.60. The van der Waals surface area contributed by atoms with Crippen molar-refractivity contribution in [3.05, 3.63) is 0 Å². The average molecular weight is 344 g/mol. The maximum atomic E-state index is 9.62. The lowest BCUT2D eigenvalue weighted by atomic mass is 9.44. The molecule has 4 saturated carbocycles. The minimum absolute atomic E-state index is 0.341. The third kappa shape index (κ3) is 2.87. The first-order valence-electron chi connectivity index (χ1n) is 11.4. The number of fused-ring (bicyclic) bond motifs is 5. The molecule has 0 bridgehead atoms. The Hall–Kier alpha value is -0.510. The van der Waals surface area contributed by atoms with E-state index in [2.05, 4.69) is 26.8 Å². The van der Waals surface area contributed by atoms with Crippen molar-refractivity contribution in [2.24, 2.45) is 46.3 Å². The lowest BCUT2D eigenvalue weighted by Crippen LogP contribution is -2.53. The van der Waals surface area contributed by atoms with Crippen LogP contribution in [0.25, 0.3) is 0 Å². The summed E-state index contributed by atoms with van der Waals surface area (Å²) in [4.78, 5) is 0. The highest BCUT2D eigenvalue weighted by molar-refractivity contribution is 5.12. The van der Waals surface area contributed by atoms with E-state index < -0.39 is 0 Å². The van der Waals surface area contributed by atoms with Crippen LogP contribution in [0.2, 0.25) is 0 Å². The van der Waals surface area contributed by atoms with Crippen LogP contribution >= 0.6 is 0 Å². The van der Waals surface area contributed by atoms with Crippen molar-refractivity contribution in [2.45, 2.75) is 98.8 Å². The lowest BCUT2D eigenvalue weighted by molar-refractivity contribution is -0.117. The monoisotopic (exact) mass is 343 g/mol. The predicted molar refractivity (Wildman–Crippen MR) is 106 cm³/mol. The Kier molecular flexibility index (Phi) is 5.58. The molecule has 0 N–H and O–H groups in total. The van der Waals surface area contributed by atoms with E-state index in [9.17, 15) is 5.26 Å². The molecule has 0 saturated heterocycles. The average Bonchev–Trinajstić information content (AvgIpc) is 2.98. The molecule has 0 aliphatic heterocycles. The van der Waals surface area contributed by atoms with Crippen molar-refractivity contribution < 1.29 is 0 Å². The first-order chi connectivity index (χ1) is 12.0. The van der Waals surface area contributed by atoms with Crippen molar-refractivity contribution in [3.8, 4) is 6.07 Å². The molecular formula is C24H41N. The van der Waals surface area contributed by atoms with Crippen LogP contribution in [0.1, 0.15) is 98.8 Å². The van der Waals surface area contributed by atoms with Crippen molar-refractivity contribution in [3.63, 3.8) is 0 Å². The van der Waals surface area contributed by atoms with Gasteiger partial charge < -0.3 is 0 Å². The Balaban J connectivity index is 0.000000880. The SMILES string of the molecule is CC.CCC1CCC2CCC3C4CCC(C#N)C4(C)CC[C@@H]3C2(C)C1. The summed E-state index contributed by atoms with van der Waals surface area (Å²) in [6, 6.07) is 2.68.